The van der Waals surface area contributed by atoms with E-state index >= 15 is 0 Å². The molecule has 1 N–H and O–H groups in total. The lowest BCUT2D eigenvalue weighted by molar-refractivity contribution is 0.219. The van der Waals surface area contributed by atoms with Gasteiger partial charge in [0.15, 0.2) is 9.84 Å². The molecule has 0 radical (unpaired) electrons. The van der Waals surface area contributed by atoms with Crippen LogP contribution in [0.3, 0.4) is 0 Å². The quantitative estimate of drug-likeness (QED) is 0.621. The molecule has 0 spiro atoms. The maximum absolute atomic E-state index is 11.8. The zero-order chi connectivity index (χ0) is 13.2. The molecule has 2 aliphatic rings. The van der Waals surface area contributed by atoms with Gasteiger partial charge in [0.05, 0.1) is 5.71 Å². The third-order valence-corrected chi connectivity index (χ3v) is 6.12. The van der Waals surface area contributed by atoms with Crippen molar-refractivity contribution in [3.63, 3.8) is 0 Å². The number of hydrogen-bond donors (Lipinski definition) is 1. The minimum absolute atomic E-state index is 0.463. The van der Waals surface area contributed by atoms with Gasteiger partial charge in [0, 0.05) is 6.26 Å². The first-order chi connectivity index (χ1) is 8.52. The molecular formula is C13H23NO3S. The van der Waals surface area contributed by atoms with E-state index in [0.29, 0.717) is 30.4 Å². The Labute approximate surface area is 109 Å². The fraction of sp³-hybridized carbons (Fsp3) is 0.923. The van der Waals surface area contributed by atoms with Crippen molar-refractivity contribution in [2.24, 2.45) is 17.0 Å². The normalized spacial score (nSPS) is 33.7. The van der Waals surface area contributed by atoms with Crippen molar-refractivity contribution in [3.8, 4) is 0 Å². The van der Waals surface area contributed by atoms with Gasteiger partial charge in [-0.2, -0.15) is 0 Å². The Morgan fingerprint density at radius 3 is 2.33 bits per heavy atom. The predicted molar refractivity (Wildman–Crippen MR) is 71.8 cm³/mol. The van der Waals surface area contributed by atoms with Gasteiger partial charge in [-0.05, 0) is 31.1 Å². The van der Waals surface area contributed by atoms with E-state index in [4.69, 9.17) is 5.21 Å². The Hall–Kier alpha value is -0.580. The molecule has 4 nitrogen and oxygen atoms in total. The molecule has 2 rings (SSSR count). The van der Waals surface area contributed by atoms with Crippen LogP contribution in [-0.4, -0.2) is 30.8 Å². The van der Waals surface area contributed by atoms with Crippen LogP contribution in [-0.2, 0) is 9.84 Å². The summed E-state index contributed by atoms with van der Waals surface area (Å²) in [5, 5.41) is 11.6. The maximum atomic E-state index is 11.8. The van der Waals surface area contributed by atoms with Crippen LogP contribution >= 0.6 is 0 Å². The van der Waals surface area contributed by atoms with Crippen LogP contribution in [0.2, 0.25) is 0 Å². The van der Waals surface area contributed by atoms with Gasteiger partial charge in [-0.25, -0.2) is 8.42 Å². The lowest BCUT2D eigenvalue weighted by Gasteiger charge is -2.36. The Balaban J connectivity index is 2.09. The summed E-state index contributed by atoms with van der Waals surface area (Å²) in [4.78, 5) is 0. The fourth-order valence-corrected chi connectivity index (χ4v) is 4.85. The van der Waals surface area contributed by atoms with E-state index in [1.807, 2.05) is 0 Å². The van der Waals surface area contributed by atoms with Gasteiger partial charge in [0.2, 0.25) is 0 Å². The molecule has 0 aliphatic heterocycles. The van der Waals surface area contributed by atoms with Crippen molar-refractivity contribution < 1.29 is 13.6 Å². The zero-order valence-electron chi connectivity index (χ0n) is 11.0. The van der Waals surface area contributed by atoms with Crippen LogP contribution in [0.1, 0.15) is 51.4 Å². The first kappa shape index (κ1) is 13.8. The molecule has 2 aliphatic carbocycles. The van der Waals surface area contributed by atoms with E-state index in [1.54, 1.807) is 0 Å². The van der Waals surface area contributed by atoms with Crippen LogP contribution in [0.25, 0.3) is 0 Å². The summed E-state index contributed by atoms with van der Waals surface area (Å²) in [5.41, 5.74) is 0.463. The third kappa shape index (κ3) is 3.05. The molecule has 0 saturated heterocycles. The van der Waals surface area contributed by atoms with Gasteiger partial charge in [0.25, 0.3) is 0 Å². The van der Waals surface area contributed by atoms with Crippen LogP contribution in [0, 0.1) is 11.8 Å². The smallest absolute Gasteiger partial charge is 0.155 e. The summed E-state index contributed by atoms with van der Waals surface area (Å²) in [6.07, 6.45) is 9.90. The predicted octanol–water partition coefficient (Wildman–Crippen LogP) is 2.61. The van der Waals surface area contributed by atoms with Gasteiger partial charge in [-0.15, -0.1) is 0 Å². The second-order valence-corrected chi connectivity index (χ2v) is 8.07. The summed E-state index contributed by atoms with van der Waals surface area (Å²) in [6, 6.07) is 0. The van der Waals surface area contributed by atoms with Crippen molar-refractivity contribution in [1.82, 2.24) is 0 Å². The second-order valence-electron chi connectivity index (χ2n) is 5.84. The van der Waals surface area contributed by atoms with Crippen LogP contribution in [0.4, 0.5) is 0 Å². The van der Waals surface area contributed by atoms with E-state index in [2.05, 4.69) is 5.16 Å². The van der Waals surface area contributed by atoms with E-state index < -0.39 is 15.1 Å². The SMILES string of the molecule is CS(=O)(=O)C1CC(C2CCCCC2)CCC1=NO. The number of hydrogen-bond acceptors (Lipinski definition) is 4. The van der Waals surface area contributed by atoms with Crippen molar-refractivity contribution in [1.29, 1.82) is 0 Å². The van der Waals surface area contributed by atoms with Gasteiger partial charge in [-0.1, -0.05) is 37.3 Å². The topological polar surface area (TPSA) is 66.7 Å². The largest absolute Gasteiger partial charge is 0.411 e. The molecule has 0 aromatic carbocycles. The summed E-state index contributed by atoms with van der Waals surface area (Å²) in [6.45, 7) is 0. The van der Waals surface area contributed by atoms with Crippen LogP contribution in [0.15, 0.2) is 5.16 Å². The standard InChI is InChI=1S/C13H23NO3S/c1-18(16,17)13-9-11(7-8-12(13)14-15)10-5-3-2-4-6-10/h10-11,13,15H,2-9H2,1H3. The molecule has 5 heteroatoms. The summed E-state index contributed by atoms with van der Waals surface area (Å²) in [5.74, 6) is 1.18. The van der Waals surface area contributed by atoms with E-state index in [0.717, 1.165) is 6.42 Å². The highest BCUT2D eigenvalue weighted by molar-refractivity contribution is 7.92. The van der Waals surface area contributed by atoms with E-state index in [9.17, 15) is 8.42 Å². The number of oxime groups is 1. The summed E-state index contributed by atoms with van der Waals surface area (Å²) in [7, 11) is -3.15. The molecule has 2 unspecified atom stereocenters. The number of rotatable bonds is 2. The monoisotopic (exact) mass is 273 g/mol. The molecule has 0 aromatic heterocycles. The van der Waals surface area contributed by atoms with Crippen molar-refractivity contribution >= 4 is 15.5 Å². The highest BCUT2D eigenvalue weighted by Gasteiger charge is 2.37. The van der Waals surface area contributed by atoms with Crippen molar-refractivity contribution in [2.75, 3.05) is 6.26 Å². The molecule has 0 amide bonds. The molecule has 2 atom stereocenters. The molecule has 104 valence electrons. The fourth-order valence-electron chi connectivity index (χ4n) is 3.59. The van der Waals surface area contributed by atoms with Crippen LogP contribution < -0.4 is 0 Å². The highest BCUT2D eigenvalue weighted by Crippen LogP contribution is 2.39. The summed E-state index contributed by atoms with van der Waals surface area (Å²) < 4.78 is 23.6. The molecule has 0 heterocycles. The van der Waals surface area contributed by atoms with E-state index in [1.165, 1.54) is 38.4 Å². The number of nitrogens with zero attached hydrogens (tertiary/aromatic N) is 1. The lowest BCUT2D eigenvalue weighted by atomic mass is 9.73. The van der Waals surface area contributed by atoms with Gasteiger partial charge < -0.3 is 5.21 Å². The second kappa shape index (κ2) is 5.59. The molecule has 2 fully saturated rings. The van der Waals surface area contributed by atoms with Gasteiger partial charge in [0.1, 0.15) is 5.25 Å². The molecule has 18 heavy (non-hydrogen) atoms. The zero-order valence-corrected chi connectivity index (χ0v) is 11.8. The highest BCUT2D eigenvalue weighted by atomic mass is 32.2. The average molecular weight is 273 g/mol. The summed E-state index contributed by atoms with van der Waals surface area (Å²) >= 11 is 0. The van der Waals surface area contributed by atoms with Crippen LogP contribution in [0.5, 0.6) is 0 Å². The minimum atomic E-state index is -3.15. The maximum Gasteiger partial charge on any atom is 0.155 e. The Bertz CT molecular complexity index is 410. The Morgan fingerprint density at radius 1 is 1.11 bits per heavy atom. The molecular weight excluding hydrogens is 250 g/mol. The van der Waals surface area contributed by atoms with Gasteiger partial charge in [-0.3, -0.25) is 0 Å². The minimum Gasteiger partial charge on any atom is -0.411 e. The van der Waals surface area contributed by atoms with Crippen molar-refractivity contribution in [2.45, 2.75) is 56.6 Å². The number of sulfone groups is 1. The van der Waals surface area contributed by atoms with Crippen molar-refractivity contribution in [3.05, 3.63) is 0 Å². The molecule has 2 saturated carbocycles. The van der Waals surface area contributed by atoms with Gasteiger partial charge >= 0.3 is 0 Å². The third-order valence-electron chi connectivity index (χ3n) is 4.62. The van der Waals surface area contributed by atoms with E-state index in [-0.39, 0.29) is 0 Å². The lowest BCUT2D eigenvalue weighted by Crippen LogP contribution is -2.38. The molecule has 0 bridgehead atoms. The first-order valence-electron chi connectivity index (χ1n) is 6.92. The Kier molecular flexibility index (Phi) is 4.30. The Morgan fingerprint density at radius 2 is 1.78 bits per heavy atom. The molecule has 0 aromatic rings. The average Bonchev–Trinajstić information content (AvgIpc) is 2.38. The first-order valence-corrected chi connectivity index (χ1v) is 8.87.